The zero-order valence-electron chi connectivity index (χ0n) is 13.6. The number of hydrogen-bond donors (Lipinski definition) is 1. The average Bonchev–Trinajstić information content (AvgIpc) is 2.53. The molecule has 1 atom stereocenters. The minimum Gasteiger partial charge on any atom is -0.496 e. The molecule has 1 aromatic rings. The zero-order chi connectivity index (χ0) is 15.3. The molecule has 0 bridgehead atoms. The highest BCUT2D eigenvalue weighted by atomic mass is 32.2. The fraction of sp³-hybridized carbons (Fsp3) is 0.647. The van der Waals surface area contributed by atoms with Gasteiger partial charge in [-0.25, -0.2) is 0 Å². The maximum atomic E-state index is 5.51. The van der Waals surface area contributed by atoms with E-state index in [1.807, 2.05) is 11.8 Å². The van der Waals surface area contributed by atoms with Crippen LogP contribution in [-0.4, -0.2) is 37.9 Å². The molecule has 2 rings (SSSR count). The maximum absolute atomic E-state index is 5.51. The molecule has 1 unspecified atom stereocenters. The standard InChI is InChI=1S/C17H27NO2S/c1-13-5-6-16(19-3)15(11-13)14(2)18-12-17(21-4)7-9-20-10-8-17/h5-6,11,14,18H,7-10,12H2,1-4H3. The quantitative estimate of drug-likeness (QED) is 0.870. The minimum atomic E-state index is 0.284. The largest absolute Gasteiger partial charge is 0.496 e. The molecule has 1 aromatic carbocycles. The van der Waals surface area contributed by atoms with E-state index in [9.17, 15) is 0 Å². The molecule has 118 valence electrons. The Morgan fingerprint density at radius 3 is 2.71 bits per heavy atom. The molecule has 1 saturated heterocycles. The van der Waals surface area contributed by atoms with Crippen LogP contribution in [-0.2, 0) is 4.74 Å². The molecule has 0 spiro atoms. The van der Waals surface area contributed by atoms with Crippen LogP contribution in [0.15, 0.2) is 18.2 Å². The van der Waals surface area contributed by atoms with Crippen LogP contribution in [0.1, 0.15) is 36.9 Å². The third kappa shape index (κ3) is 4.15. The number of benzene rings is 1. The number of hydrogen-bond acceptors (Lipinski definition) is 4. The SMILES string of the molecule is COc1ccc(C)cc1C(C)NCC1(SC)CCOCC1. The van der Waals surface area contributed by atoms with E-state index in [4.69, 9.17) is 9.47 Å². The van der Waals surface area contributed by atoms with Crippen molar-refractivity contribution in [1.82, 2.24) is 5.32 Å². The summed E-state index contributed by atoms with van der Waals surface area (Å²) in [4.78, 5) is 0. The molecule has 3 nitrogen and oxygen atoms in total. The summed E-state index contributed by atoms with van der Waals surface area (Å²) in [7, 11) is 1.74. The monoisotopic (exact) mass is 309 g/mol. The Morgan fingerprint density at radius 1 is 1.38 bits per heavy atom. The Bertz CT molecular complexity index is 458. The van der Waals surface area contributed by atoms with E-state index in [1.54, 1.807) is 7.11 Å². The number of aryl methyl sites for hydroxylation is 1. The highest BCUT2D eigenvalue weighted by Gasteiger charge is 2.32. The van der Waals surface area contributed by atoms with Crippen molar-refractivity contribution in [2.75, 3.05) is 33.1 Å². The van der Waals surface area contributed by atoms with Crippen molar-refractivity contribution < 1.29 is 9.47 Å². The minimum absolute atomic E-state index is 0.284. The molecule has 0 aliphatic carbocycles. The van der Waals surface area contributed by atoms with E-state index in [2.05, 4.69) is 43.6 Å². The van der Waals surface area contributed by atoms with Crippen LogP contribution >= 0.6 is 11.8 Å². The molecule has 0 radical (unpaired) electrons. The van der Waals surface area contributed by atoms with E-state index in [0.717, 1.165) is 38.3 Å². The van der Waals surface area contributed by atoms with E-state index < -0.39 is 0 Å². The first kappa shape index (κ1) is 16.7. The van der Waals surface area contributed by atoms with E-state index >= 15 is 0 Å². The van der Waals surface area contributed by atoms with Crippen LogP contribution in [0.3, 0.4) is 0 Å². The second-order valence-corrected chi connectivity index (χ2v) is 7.12. The molecule has 1 fully saturated rings. The van der Waals surface area contributed by atoms with Gasteiger partial charge in [-0.3, -0.25) is 0 Å². The fourth-order valence-electron chi connectivity index (χ4n) is 2.84. The first-order valence-corrected chi connectivity index (χ1v) is 8.83. The highest BCUT2D eigenvalue weighted by Crippen LogP contribution is 2.34. The molecule has 4 heteroatoms. The van der Waals surface area contributed by atoms with Crippen molar-refractivity contribution in [3.63, 3.8) is 0 Å². The number of nitrogens with one attached hydrogen (secondary N) is 1. The van der Waals surface area contributed by atoms with Crippen molar-refractivity contribution in [3.8, 4) is 5.75 Å². The zero-order valence-corrected chi connectivity index (χ0v) is 14.4. The Hall–Kier alpha value is -0.710. The lowest BCUT2D eigenvalue weighted by atomic mass is 9.97. The normalized spacial score (nSPS) is 19.2. The van der Waals surface area contributed by atoms with Crippen LogP contribution in [0.4, 0.5) is 0 Å². The van der Waals surface area contributed by atoms with Gasteiger partial charge in [0.15, 0.2) is 0 Å². The predicted molar refractivity (Wildman–Crippen MR) is 90.4 cm³/mol. The number of ether oxygens (including phenoxy) is 2. The van der Waals surface area contributed by atoms with Crippen molar-refractivity contribution >= 4 is 11.8 Å². The molecule has 1 heterocycles. The van der Waals surface area contributed by atoms with Crippen LogP contribution in [0, 0.1) is 6.92 Å². The van der Waals surface area contributed by atoms with Crippen LogP contribution < -0.4 is 10.1 Å². The smallest absolute Gasteiger partial charge is 0.123 e. The van der Waals surface area contributed by atoms with Crippen molar-refractivity contribution in [3.05, 3.63) is 29.3 Å². The molecule has 1 N–H and O–H groups in total. The molecular weight excluding hydrogens is 282 g/mol. The summed E-state index contributed by atoms with van der Waals surface area (Å²) in [5.74, 6) is 0.964. The summed E-state index contributed by atoms with van der Waals surface area (Å²) in [5.41, 5.74) is 2.51. The lowest BCUT2D eigenvalue weighted by Crippen LogP contribution is -2.43. The summed E-state index contributed by atoms with van der Waals surface area (Å²) in [5, 5.41) is 3.71. The topological polar surface area (TPSA) is 30.5 Å². The van der Waals surface area contributed by atoms with Gasteiger partial charge >= 0.3 is 0 Å². The van der Waals surface area contributed by atoms with E-state index in [0.29, 0.717) is 4.75 Å². The first-order chi connectivity index (χ1) is 10.1. The number of methoxy groups -OCH3 is 1. The second-order valence-electron chi connectivity index (χ2n) is 5.85. The van der Waals surface area contributed by atoms with Crippen molar-refractivity contribution in [2.24, 2.45) is 0 Å². The third-order valence-corrected chi connectivity index (χ3v) is 5.84. The Balaban J connectivity index is 2.04. The average molecular weight is 309 g/mol. The van der Waals surface area contributed by atoms with Gasteiger partial charge in [0.1, 0.15) is 5.75 Å². The lowest BCUT2D eigenvalue weighted by molar-refractivity contribution is 0.0766. The van der Waals surface area contributed by atoms with Gasteiger partial charge in [-0.05, 0) is 39.0 Å². The molecule has 0 aromatic heterocycles. The van der Waals surface area contributed by atoms with Gasteiger partial charge in [0.25, 0.3) is 0 Å². The number of rotatable bonds is 6. The Kier molecular flexibility index (Phi) is 5.97. The van der Waals surface area contributed by atoms with Gasteiger partial charge in [-0.2, -0.15) is 11.8 Å². The van der Waals surface area contributed by atoms with Crippen LogP contribution in [0.25, 0.3) is 0 Å². The van der Waals surface area contributed by atoms with E-state index in [-0.39, 0.29) is 6.04 Å². The van der Waals surface area contributed by atoms with Crippen LogP contribution in [0.2, 0.25) is 0 Å². The molecule has 0 amide bonds. The lowest BCUT2D eigenvalue weighted by Gasteiger charge is -2.37. The highest BCUT2D eigenvalue weighted by molar-refractivity contribution is 8.00. The van der Waals surface area contributed by atoms with Gasteiger partial charge in [0.05, 0.1) is 7.11 Å². The van der Waals surface area contributed by atoms with Gasteiger partial charge in [0.2, 0.25) is 0 Å². The second kappa shape index (κ2) is 7.52. The van der Waals surface area contributed by atoms with Gasteiger partial charge in [-0.15, -0.1) is 0 Å². The Labute approximate surface area is 132 Å². The summed E-state index contributed by atoms with van der Waals surface area (Å²) >= 11 is 1.97. The molecule has 1 aliphatic heterocycles. The van der Waals surface area contributed by atoms with Gasteiger partial charge < -0.3 is 14.8 Å². The Morgan fingerprint density at radius 2 is 2.10 bits per heavy atom. The summed E-state index contributed by atoms with van der Waals surface area (Å²) in [6.07, 6.45) is 4.46. The van der Waals surface area contributed by atoms with E-state index in [1.165, 1.54) is 11.1 Å². The summed E-state index contributed by atoms with van der Waals surface area (Å²) < 4.78 is 11.3. The molecular formula is C17H27NO2S. The van der Waals surface area contributed by atoms with Gasteiger partial charge in [0, 0.05) is 36.1 Å². The van der Waals surface area contributed by atoms with Crippen molar-refractivity contribution in [2.45, 2.75) is 37.5 Å². The summed E-state index contributed by atoms with van der Waals surface area (Å²) in [6, 6.07) is 6.65. The van der Waals surface area contributed by atoms with Gasteiger partial charge in [-0.1, -0.05) is 17.7 Å². The first-order valence-electron chi connectivity index (χ1n) is 7.61. The molecule has 0 saturated carbocycles. The molecule has 1 aliphatic rings. The maximum Gasteiger partial charge on any atom is 0.123 e. The number of thioether (sulfide) groups is 1. The van der Waals surface area contributed by atoms with Crippen molar-refractivity contribution in [1.29, 1.82) is 0 Å². The molecule has 21 heavy (non-hydrogen) atoms. The third-order valence-electron chi connectivity index (χ3n) is 4.42. The fourth-order valence-corrected chi connectivity index (χ4v) is 3.64. The predicted octanol–water partition coefficient (Wildman–Crippen LogP) is 3.57. The van der Waals surface area contributed by atoms with Crippen LogP contribution in [0.5, 0.6) is 5.75 Å². The summed E-state index contributed by atoms with van der Waals surface area (Å²) in [6.45, 7) is 7.10.